The molecule has 3 rings (SSSR count). The number of nitrogens with zero attached hydrogens (tertiary/aromatic N) is 4. The van der Waals surface area contributed by atoms with Crippen LogP contribution in [-0.4, -0.2) is 46.1 Å². The van der Waals surface area contributed by atoms with Gasteiger partial charge in [0.1, 0.15) is 0 Å². The minimum absolute atomic E-state index is 0.0540. The van der Waals surface area contributed by atoms with Crippen LogP contribution in [0.25, 0.3) is 11.4 Å². The first kappa shape index (κ1) is 20.3. The molecule has 0 aliphatic heterocycles. The molecule has 0 bridgehead atoms. The summed E-state index contributed by atoms with van der Waals surface area (Å²) in [4.78, 5) is 16.4. The molecule has 3 aromatic rings. The summed E-state index contributed by atoms with van der Waals surface area (Å²) in [6.45, 7) is 0. The van der Waals surface area contributed by atoms with Crippen molar-refractivity contribution in [3.05, 3.63) is 47.7 Å². The van der Waals surface area contributed by atoms with E-state index in [0.717, 1.165) is 11.8 Å². The molecule has 28 heavy (non-hydrogen) atoms. The number of amides is 1. The second-order valence-corrected chi connectivity index (χ2v) is 9.22. The summed E-state index contributed by atoms with van der Waals surface area (Å²) in [6, 6.07) is 7.84. The van der Waals surface area contributed by atoms with Crippen LogP contribution in [0.5, 0.6) is 0 Å². The molecule has 2 aromatic heterocycles. The van der Waals surface area contributed by atoms with Crippen LogP contribution in [0.15, 0.2) is 52.8 Å². The van der Waals surface area contributed by atoms with E-state index in [1.807, 2.05) is 6.07 Å². The second-order valence-electron chi connectivity index (χ2n) is 5.86. The van der Waals surface area contributed by atoms with Crippen LogP contribution >= 0.6 is 23.4 Å². The predicted molar refractivity (Wildman–Crippen MR) is 108 cm³/mol. The maximum atomic E-state index is 12.3. The summed E-state index contributed by atoms with van der Waals surface area (Å²) < 4.78 is 25.1. The van der Waals surface area contributed by atoms with E-state index in [9.17, 15) is 13.2 Å². The van der Waals surface area contributed by atoms with Crippen molar-refractivity contribution in [2.45, 2.75) is 10.1 Å². The summed E-state index contributed by atoms with van der Waals surface area (Å²) in [5.74, 6) is 0.349. The quantitative estimate of drug-likeness (QED) is 0.590. The highest BCUT2D eigenvalue weighted by Crippen LogP contribution is 2.26. The average molecular weight is 438 g/mol. The number of anilines is 1. The van der Waals surface area contributed by atoms with E-state index in [0.29, 0.717) is 11.0 Å². The van der Waals surface area contributed by atoms with Crippen molar-refractivity contribution in [1.29, 1.82) is 0 Å². The van der Waals surface area contributed by atoms with E-state index < -0.39 is 9.84 Å². The Balaban J connectivity index is 1.68. The molecular weight excluding hydrogens is 422 g/mol. The van der Waals surface area contributed by atoms with Gasteiger partial charge in [0.25, 0.3) is 0 Å². The van der Waals surface area contributed by atoms with Gasteiger partial charge < -0.3 is 9.88 Å². The highest BCUT2D eigenvalue weighted by Gasteiger charge is 2.15. The van der Waals surface area contributed by atoms with Gasteiger partial charge in [-0.05, 0) is 30.3 Å². The molecule has 1 amide bonds. The summed E-state index contributed by atoms with van der Waals surface area (Å²) in [5, 5.41) is 11.7. The lowest BCUT2D eigenvalue weighted by Crippen LogP contribution is -2.15. The van der Waals surface area contributed by atoms with E-state index in [-0.39, 0.29) is 27.3 Å². The first-order valence-corrected chi connectivity index (χ1v) is 11.2. The maximum Gasteiger partial charge on any atom is 0.234 e. The lowest BCUT2D eigenvalue weighted by molar-refractivity contribution is -0.113. The number of pyridine rings is 1. The number of thioether (sulfide) groups is 1. The Bertz CT molecular complexity index is 1120. The monoisotopic (exact) mass is 437 g/mol. The zero-order chi connectivity index (χ0) is 20.3. The van der Waals surface area contributed by atoms with Crippen LogP contribution in [-0.2, 0) is 21.7 Å². The van der Waals surface area contributed by atoms with Crippen molar-refractivity contribution in [2.24, 2.45) is 7.05 Å². The van der Waals surface area contributed by atoms with Crippen LogP contribution < -0.4 is 5.32 Å². The summed E-state index contributed by atoms with van der Waals surface area (Å²) >= 11 is 7.26. The largest absolute Gasteiger partial charge is 0.324 e. The number of nitrogens with one attached hydrogen (secondary N) is 1. The number of carbonyl (C=O) groups excluding carboxylic acids is 1. The van der Waals surface area contributed by atoms with E-state index >= 15 is 0 Å². The first-order valence-electron chi connectivity index (χ1n) is 7.98. The van der Waals surface area contributed by atoms with Gasteiger partial charge in [0, 0.05) is 31.3 Å². The summed E-state index contributed by atoms with van der Waals surface area (Å²) in [7, 11) is -1.60. The summed E-state index contributed by atoms with van der Waals surface area (Å²) in [6.07, 6.45) is 4.44. The van der Waals surface area contributed by atoms with Gasteiger partial charge in [0.15, 0.2) is 20.8 Å². The third-order valence-corrected chi connectivity index (χ3v) is 6.19. The van der Waals surface area contributed by atoms with Gasteiger partial charge in [-0.1, -0.05) is 23.4 Å². The van der Waals surface area contributed by atoms with Gasteiger partial charge in [0.2, 0.25) is 5.91 Å². The Morgan fingerprint density at radius 3 is 2.75 bits per heavy atom. The van der Waals surface area contributed by atoms with Crippen molar-refractivity contribution in [1.82, 2.24) is 19.7 Å². The summed E-state index contributed by atoms with van der Waals surface area (Å²) in [5.41, 5.74) is 1.06. The molecule has 8 nitrogen and oxygen atoms in total. The van der Waals surface area contributed by atoms with Crippen molar-refractivity contribution >= 4 is 44.8 Å². The molecule has 0 fully saturated rings. The van der Waals surface area contributed by atoms with Crippen LogP contribution in [0.4, 0.5) is 5.69 Å². The predicted octanol–water partition coefficient (Wildman–Crippen LogP) is 2.66. The molecule has 0 aliphatic carbocycles. The Morgan fingerprint density at radius 1 is 1.29 bits per heavy atom. The molecule has 1 aromatic carbocycles. The number of rotatable bonds is 6. The molecule has 1 N–H and O–H groups in total. The highest BCUT2D eigenvalue weighted by atomic mass is 35.5. The van der Waals surface area contributed by atoms with Gasteiger partial charge in [-0.2, -0.15) is 0 Å². The topological polar surface area (TPSA) is 107 Å². The van der Waals surface area contributed by atoms with Crippen LogP contribution in [0.2, 0.25) is 5.02 Å². The SMILES string of the molecule is Cn1c(SCC(=O)Nc2cc(S(C)(=O)=O)ccc2Cl)nnc1-c1cccnc1. The van der Waals surface area contributed by atoms with E-state index in [4.69, 9.17) is 11.6 Å². The molecule has 0 unspecified atom stereocenters. The molecule has 0 aliphatic rings. The number of halogens is 1. The molecular formula is C17H16ClN5O3S2. The normalized spacial score (nSPS) is 11.4. The fourth-order valence-corrected chi connectivity index (χ4v) is 3.86. The Labute approximate surface area is 171 Å². The maximum absolute atomic E-state index is 12.3. The molecule has 0 spiro atoms. The van der Waals surface area contributed by atoms with E-state index in [1.54, 1.807) is 30.1 Å². The van der Waals surface area contributed by atoms with Crippen molar-refractivity contribution in [2.75, 3.05) is 17.3 Å². The van der Waals surface area contributed by atoms with Gasteiger partial charge in [0.05, 0.1) is 21.4 Å². The molecule has 2 heterocycles. The Morgan fingerprint density at radius 2 is 2.07 bits per heavy atom. The molecule has 0 saturated carbocycles. The third-order valence-electron chi connectivity index (χ3n) is 3.73. The van der Waals surface area contributed by atoms with Gasteiger partial charge in [-0.25, -0.2) is 8.42 Å². The fraction of sp³-hybridized carbons (Fsp3) is 0.176. The molecule has 0 atom stereocenters. The van der Waals surface area contributed by atoms with Gasteiger partial charge in [-0.3, -0.25) is 9.78 Å². The molecule has 0 radical (unpaired) electrons. The number of aromatic nitrogens is 4. The molecule has 146 valence electrons. The van der Waals surface area contributed by atoms with Crippen molar-refractivity contribution in [3.8, 4) is 11.4 Å². The minimum Gasteiger partial charge on any atom is -0.324 e. The zero-order valence-corrected chi connectivity index (χ0v) is 17.3. The second kappa shape index (κ2) is 8.29. The van der Waals surface area contributed by atoms with Crippen molar-refractivity contribution in [3.63, 3.8) is 0 Å². The number of hydrogen-bond donors (Lipinski definition) is 1. The number of sulfone groups is 1. The van der Waals surface area contributed by atoms with E-state index in [2.05, 4.69) is 20.5 Å². The average Bonchev–Trinajstić information content (AvgIpc) is 3.02. The zero-order valence-electron chi connectivity index (χ0n) is 15.0. The third kappa shape index (κ3) is 4.70. The molecule has 11 heteroatoms. The lowest BCUT2D eigenvalue weighted by Gasteiger charge is -2.09. The lowest BCUT2D eigenvalue weighted by atomic mass is 10.3. The number of hydrogen-bond acceptors (Lipinski definition) is 7. The Hall–Kier alpha value is -2.43. The van der Waals surface area contributed by atoms with Gasteiger partial charge in [-0.15, -0.1) is 10.2 Å². The van der Waals surface area contributed by atoms with Gasteiger partial charge >= 0.3 is 0 Å². The smallest absolute Gasteiger partial charge is 0.234 e. The van der Waals surface area contributed by atoms with Crippen LogP contribution in [0, 0.1) is 0 Å². The van der Waals surface area contributed by atoms with Crippen molar-refractivity contribution < 1.29 is 13.2 Å². The highest BCUT2D eigenvalue weighted by molar-refractivity contribution is 7.99. The number of benzene rings is 1. The standard InChI is InChI=1S/C17H16ClN5O3S2/c1-23-16(11-4-3-7-19-9-11)21-22-17(23)27-10-15(24)20-14-8-12(28(2,25)26)5-6-13(14)18/h3-9H,10H2,1-2H3,(H,20,24). The van der Waals surface area contributed by atoms with Crippen LogP contribution in [0.3, 0.4) is 0 Å². The fourth-order valence-electron chi connectivity index (χ4n) is 2.33. The first-order chi connectivity index (χ1) is 13.3. The van der Waals surface area contributed by atoms with Crippen LogP contribution in [0.1, 0.15) is 0 Å². The Kier molecular flexibility index (Phi) is 6.01. The minimum atomic E-state index is -3.40. The van der Waals surface area contributed by atoms with E-state index in [1.165, 1.54) is 30.0 Å². The molecule has 0 saturated heterocycles. The number of carbonyl (C=O) groups is 1.